The van der Waals surface area contributed by atoms with Crippen LogP contribution in [0.25, 0.3) is 0 Å². The molecule has 15 nitrogen and oxygen atoms in total. The molecule has 2 aliphatic heterocycles. The molecule has 1 unspecified atom stereocenters. The van der Waals surface area contributed by atoms with Gasteiger partial charge in [0.05, 0.1) is 50.1 Å². The molecule has 3 heterocycles. The molecule has 2 saturated heterocycles. The summed E-state index contributed by atoms with van der Waals surface area (Å²) in [5.41, 5.74) is -7.24. The Balaban J connectivity index is 1.82. The van der Waals surface area contributed by atoms with Crippen LogP contribution in [0.2, 0.25) is 0 Å². The van der Waals surface area contributed by atoms with Crippen LogP contribution in [0.1, 0.15) is 78.7 Å². The number of carbonyl (C=O) groups is 5. The van der Waals surface area contributed by atoms with Gasteiger partial charge in [-0.3, -0.25) is 19.2 Å². The summed E-state index contributed by atoms with van der Waals surface area (Å²) in [5, 5.41) is 35.5. The Labute approximate surface area is 295 Å². The molecule has 282 valence electrons. The van der Waals surface area contributed by atoms with Gasteiger partial charge in [-0.2, -0.15) is 0 Å². The Hall–Kier alpha value is -3.63. The molecule has 2 aliphatic carbocycles. The number of methoxy groups -OCH3 is 1. The highest BCUT2D eigenvalue weighted by Crippen LogP contribution is 2.69. The van der Waals surface area contributed by atoms with Gasteiger partial charge in [-0.1, -0.05) is 40.7 Å². The van der Waals surface area contributed by atoms with E-state index in [0.717, 1.165) is 6.92 Å². The van der Waals surface area contributed by atoms with Crippen molar-refractivity contribution in [1.82, 2.24) is 0 Å². The predicted octanol–water partition coefficient (Wildman–Crippen LogP) is 2.09. The number of aliphatic hydroxyl groups is 3. The van der Waals surface area contributed by atoms with Crippen molar-refractivity contribution < 1.29 is 72.1 Å². The molecule has 2 saturated carbocycles. The molecule has 2 bridgehead atoms. The summed E-state index contributed by atoms with van der Waals surface area (Å²) in [6.07, 6.45) is -4.39. The maximum absolute atomic E-state index is 14.4. The summed E-state index contributed by atoms with van der Waals surface area (Å²) in [7, 11) is 1.17. The van der Waals surface area contributed by atoms with Gasteiger partial charge in [0.1, 0.15) is 18.3 Å². The van der Waals surface area contributed by atoms with Crippen molar-refractivity contribution >= 4 is 30.2 Å². The first-order chi connectivity index (χ1) is 23.8. The van der Waals surface area contributed by atoms with Crippen molar-refractivity contribution in [1.29, 1.82) is 0 Å². The smallest absolute Gasteiger partial charge is 0.335 e. The van der Waals surface area contributed by atoms with Crippen LogP contribution in [0.4, 0.5) is 0 Å². The third kappa shape index (κ3) is 5.81. The van der Waals surface area contributed by atoms with Crippen LogP contribution < -0.4 is 0 Å². The molecule has 0 spiro atoms. The van der Waals surface area contributed by atoms with E-state index < -0.39 is 113 Å². The van der Waals surface area contributed by atoms with Gasteiger partial charge in [0, 0.05) is 36.5 Å². The van der Waals surface area contributed by atoms with Gasteiger partial charge in [0.15, 0.2) is 17.5 Å². The molecule has 4 aliphatic rings. The third-order valence-corrected chi connectivity index (χ3v) is 12.4. The molecule has 0 amide bonds. The number of hydrogen-bond donors (Lipinski definition) is 3. The standard InChI is InChI=1S/C36H48O15/c1-9-18(2)28(41)31(42)50-30-29(47-17-37)27(19(3)36(44)24(39)12-22(34(30,36)7)21-10-11-46-15-21)33(6)23(13-26(40)45-8)32(5)16-48-35(43,51-32)14-25(33)49-20(4)38/h10-11,15,17-18,22-23,25,27-30,41,43-44H,3,9,12-14,16H2,1-2,4-8H3/t18-,22-,23-,25-,27?,28+,29+,30-,32-,33+,34+,35+,36+/m0/s1. The van der Waals surface area contributed by atoms with Gasteiger partial charge in [-0.15, -0.1) is 0 Å². The van der Waals surface area contributed by atoms with E-state index in [1.54, 1.807) is 33.8 Å². The molecular weight excluding hydrogens is 672 g/mol. The van der Waals surface area contributed by atoms with Gasteiger partial charge < -0.3 is 48.2 Å². The predicted molar refractivity (Wildman–Crippen MR) is 172 cm³/mol. The van der Waals surface area contributed by atoms with E-state index in [9.17, 15) is 39.3 Å². The van der Waals surface area contributed by atoms with E-state index in [-0.39, 0.29) is 25.1 Å². The molecule has 0 aromatic carbocycles. The molecule has 51 heavy (non-hydrogen) atoms. The van der Waals surface area contributed by atoms with Crippen LogP contribution in [0, 0.1) is 28.6 Å². The number of esters is 3. The van der Waals surface area contributed by atoms with E-state index in [0.29, 0.717) is 12.0 Å². The van der Waals surface area contributed by atoms with Crippen LogP contribution in [0.15, 0.2) is 35.2 Å². The van der Waals surface area contributed by atoms with Crippen LogP contribution in [0.3, 0.4) is 0 Å². The number of carbonyl (C=O) groups excluding carboxylic acids is 5. The molecule has 15 heteroatoms. The summed E-state index contributed by atoms with van der Waals surface area (Å²) < 4.78 is 40.0. The lowest BCUT2D eigenvalue weighted by Crippen LogP contribution is -2.72. The minimum absolute atomic E-state index is 0.117. The molecule has 13 atom stereocenters. The largest absolute Gasteiger partial charge is 0.472 e. The SMILES string of the molecule is C=C1C([C@@]2(C)[C@@H](OC(C)=O)C[C@@]3(O)OC[C@](C)(O3)[C@@H]2CC(=O)OC)[C@@H](OC=O)[C@H](OC(=O)[C@H](O)[C@@H](C)CC)[C@@]2(C)[C@H](c3ccoc3)CC(=O)[C@]12O. The van der Waals surface area contributed by atoms with Gasteiger partial charge in [-0.25, -0.2) is 4.79 Å². The number of furan rings is 1. The summed E-state index contributed by atoms with van der Waals surface area (Å²) in [4.78, 5) is 66.6. The van der Waals surface area contributed by atoms with Crippen LogP contribution in [-0.4, -0.2) is 101 Å². The Morgan fingerprint density at radius 2 is 1.86 bits per heavy atom. The van der Waals surface area contributed by atoms with E-state index in [2.05, 4.69) is 6.58 Å². The maximum Gasteiger partial charge on any atom is 0.335 e. The zero-order chi connectivity index (χ0) is 37.9. The molecule has 1 aromatic rings. The van der Waals surface area contributed by atoms with Crippen LogP contribution in [0.5, 0.6) is 0 Å². The van der Waals surface area contributed by atoms with Gasteiger partial charge in [0.2, 0.25) is 0 Å². The van der Waals surface area contributed by atoms with E-state index in [1.807, 2.05) is 0 Å². The lowest BCUT2D eigenvalue weighted by molar-refractivity contribution is -0.328. The highest BCUT2D eigenvalue weighted by Gasteiger charge is 2.78. The Kier molecular flexibility index (Phi) is 10.1. The summed E-state index contributed by atoms with van der Waals surface area (Å²) in [6, 6.07) is 1.59. The summed E-state index contributed by atoms with van der Waals surface area (Å²) in [5.74, 6) is -9.67. The van der Waals surface area contributed by atoms with Crippen LogP contribution in [-0.2, 0) is 52.4 Å². The second-order valence-corrected chi connectivity index (χ2v) is 15.0. The highest BCUT2D eigenvalue weighted by molar-refractivity contribution is 5.96. The first-order valence-corrected chi connectivity index (χ1v) is 17.0. The second-order valence-electron chi connectivity index (χ2n) is 15.0. The Morgan fingerprint density at radius 1 is 1.18 bits per heavy atom. The first-order valence-electron chi connectivity index (χ1n) is 17.0. The number of ether oxygens (including phenoxy) is 6. The average molecular weight is 721 g/mol. The second kappa shape index (κ2) is 13.4. The van der Waals surface area contributed by atoms with Crippen molar-refractivity contribution in [3.05, 3.63) is 36.3 Å². The van der Waals surface area contributed by atoms with E-state index in [4.69, 9.17) is 32.8 Å². The summed E-state index contributed by atoms with van der Waals surface area (Å²) >= 11 is 0. The molecule has 0 radical (unpaired) electrons. The fourth-order valence-corrected chi connectivity index (χ4v) is 9.45. The molecular formula is C36H48O15. The number of hydrogen-bond acceptors (Lipinski definition) is 15. The van der Waals surface area contributed by atoms with Crippen molar-refractivity contribution in [3.63, 3.8) is 0 Å². The topological polar surface area (TPSA) is 215 Å². The molecule has 1 aromatic heterocycles. The lowest BCUT2D eigenvalue weighted by atomic mass is 9.46. The Bertz CT molecular complexity index is 1560. The first kappa shape index (κ1) is 38.6. The number of fused-ring (bicyclic) bond motifs is 3. The lowest BCUT2D eigenvalue weighted by Gasteiger charge is -2.61. The Morgan fingerprint density at radius 3 is 2.43 bits per heavy atom. The van der Waals surface area contributed by atoms with Crippen LogP contribution >= 0.6 is 0 Å². The number of ketones is 1. The number of rotatable bonds is 11. The molecule has 3 N–H and O–H groups in total. The fourth-order valence-electron chi connectivity index (χ4n) is 9.45. The zero-order valence-electron chi connectivity index (χ0n) is 29.9. The van der Waals surface area contributed by atoms with E-state index >= 15 is 0 Å². The van der Waals surface area contributed by atoms with Gasteiger partial charge >= 0.3 is 17.9 Å². The van der Waals surface area contributed by atoms with Gasteiger partial charge in [0.25, 0.3) is 12.4 Å². The van der Waals surface area contributed by atoms with E-state index in [1.165, 1.54) is 26.6 Å². The third-order valence-electron chi connectivity index (χ3n) is 12.4. The number of aliphatic hydroxyl groups excluding tert-OH is 1. The highest BCUT2D eigenvalue weighted by atomic mass is 16.9. The zero-order valence-corrected chi connectivity index (χ0v) is 29.9. The quantitative estimate of drug-likeness (QED) is 0.129. The van der Waals surface area contributed by atoms with Crippen molar-refractivity contribution in [2.24, 2.45) is 28.6 Å². The minimum atomic E-state index is -2.51. The average Bonchev–Trinajstić information content (AvgIpc) is 3.76. The van der Waals surface area contributed by atoms with Gasteiger partial charge in [-0.05, 0) is 30.0 Å². The maximum atomic E-state index is 14.4. The monoisotopic (exact) mass is 720 g/mol. The number of Topliss-reactive ketones (excluding diaryl/α,β-unsaturated/α-hetero) is 1. The molecule has 4 fully saturated rings. The fraction of sp³-hybridized carbons (Fsp3) is 0.694. The minimum Gasteiger partial charge on any atom is -0.472 e. The molecule has 5 rings (SSSR count). The van der Waals surface area contributed by atoms with Crippen molar-refractivity contribution in [2.45, 2.75) is 115 Å². The summed E-state index contributed by atoms with van der Waals surface area (Å²) in [6.45, 7) is 13.3. The van der Waals surface area contributed by atoms with Crippen molar-refractivity contribution in [2.75, 3.05) is 13.7 Å². The van der Waals surface area contributed by atoms with Crippen molar-refractivity contribution in [3.8, 4) is 0 Å². The normalized spacial score (nSPS) is 41.5.